The van der Waals surface area contributed by atoms with Crippen molar-refractivity contribution in [3.63, 3.8) is 0 Å². The molecule has 24 heavy (non-hydrogen) atoms. The minimum absolute atomic E-state index is 0.0202. The van der Waals surface area contributed by atoms with Gasteiger partial charge in [0.15, 0.2) is 0 Å². The van der Waals surface area contributed by atoms with Gasteiger partial charge in [0.1, 0.15) is 0 Å². The summed E-state index contributed by atoms with van der Waals surface area (Å²) in [6, 6.07) is 17.4. The summed E-state index contributed by atoms with van der Waals surface area (Å²) in [7, 11) is 1.82. The van der Waals surface area contributed by atoms with Crippen LogP contribution < -0.4 is 0 Å². The SMILES string of the molecule is Cc1nc2ccc(Cl)cc2cc1C(=O)N(C)[C@@H](C)c1ccccc1. The summed E-state index contributed by atoms with van der Waals surface area (Å²) in [6.45, 7) is 3.89. The molecule has 0 saturated heterocycles. The van der Waals surface area contributed by atoms with Crippen LogP contribution >= 0.6 is 11.6 Å². The number of hydrogen-bond acceptors (Lipinski definition) is 2. The summed E-state index contributed by atoms with van der Waals surface area (Å²) in [5, 5.41) is 1.51. The van der Waals surface area contributed by atoms with Gasteiger partial charge in [-0.25, -0.2) is 0 Å². The molecule has 0 radical (unpaired) electrons. The van der Waals surface area contributed by atoms with Crippen LogP contribution in [0.2, 0.25) is 5.02 Å². The topological polar surface area (TPSA) is 33.2 Å². The highest BCUT2D eigenvalue weighted by Crippen LogP contribution is 2.24. The van der Waals surface area contributed by atoms with E-state index in [1.165, 1.54) is 0 Å². The van der Waals surface area contributed by atoms with Crippen molar-refractivity contribution in [2.24, 2.45) is 0 Å². The first-order valence-electron chi connectivity index (χ1n) is 7.86. The lowest BCUT2D eigenvalue weighted by Crippen LogP contribution is -2.30. The molecule has 1 amide bonds. The minimum Gasteiger partial charge on any atom is -0.335 e. The van der Waals surface area contributed by atoms with Crippen LogP contribution in [0.5, 0.6) is 0 Å². The molecule has 0 N–H and O–H groups in total. The van der Waals surface area contributed by atoms with E-state index in [4.69, 9.17) is 11.6 Å². The van der Waals surface area contributed by atoms with Crippen LogP contribution in [0.15, 0.2) is 54.6 Å². The van der Waals surface area contributed by atoms with Gasteiger partial charge in [-0.2, -0.15) is 0 Å². The maximum absolute atomic E-state index is 13.0. The number of hydrogen-bond donors (Lipinski definition) is 0. The first-order valence-corrected chi connectivity index (χ1v) is 8.24. The molecule has 0 bridgehead atoms. The van der Waals surface area contributed by atoms with Gasteiger partial charge in [0.2, 0.25) is 0 Å². The molecule has 2 aromatic carbocycles. The van der Waals surface area contributed by atoms with E-state index >= 15 is 0 Å². The van der Waals surface area contributed by atoms with Crippen LogP contribution in [-0.2, 0) is 0 Å². The molecule has 0 fully saturated rings. The summed E-state index contributed by atoms with van der Waals surface area (Å²) in [6.07, 6.45) is 0. The fraction of sp³-hybridized carbons (Fsp3) is 0.200. The lowest BCUT2D eigenvalue weighted by atomic mass is 10.0. The van der Waals surface area contributed by atoms with Crippen molar-refractivity contribution >= 4 is 28.4 Å². The molecule has 1 aromatic heterocycles. The van der Waals surface area contributed by atoms with E-state index in [-0.39, 0.29) is 11.9 Å². The normalized spacial score (nSPS) is 12.2. The van der Waals surface area contributed by atoms with Gasteiger partial charge in [0.25, 0.3) is 5.91 Å². The Bertz CT molecular complexity index is 893. The van der Waals surface area contributed by atoms with Crippen molar-refractivity contribution in [1.29, 1.82) is 0 Å². The fourth-order valence-electron chi connectivity index (χ4n) is 2.78. The lowest BCUT2D eigenvalue weighted by molar-refractivity contribution is 0.0741. The predicted molar refractivity (Wildman–Crippen MR) is 98.4 cm³/mol. The zero-order valence-electron chi connectivity index (χ0n) is 14.0. The average molecular weight is 339 g/mol. The number of nitrogens with zero attached hydrogens (tertiary/aromatic N) is 2. The Balaban J connectivity index is 1.97. The molecular formula is C20H19ClN2O. The number of rotatable bonds is 3. The molecule has 0 aliphatic rings. The highest BCUT2D eigenvalue weighted by molar-refractivity contribution is 6.31. The molecule has 4 heteroatoms. The second-order valence-corrected chi connectivity index (χ2v) is 6.40. The monoisotopic (exact) mass is 338 g/mol. The average Bonchev–Trinajstić information content (AvgIpc) is 2.60. The number of carbonyl (C=O) groups is 1. The zero-order chi connectivity index (χ0) is 17.3. The van der Waals surface area contributed by atoms with Gasteiger partial charge in [-0.3, -0.25) is 9.78 Å². The lowest BCUT2D eigenvalue weighted by Gasteiger charge is -2.26. The number of aromatic nitrogens is 1. The van der Waals surface area contributed by atoms with Crippen molar-refractivity contribution in [3.05, 3.63) is 76.4 Å². The summed E-state index contributed by atoms with van der Waals surface area (Å²) in [5.74, 6) is -0.0433. The Kier molecular flexibility index (Phi) is 4.54. The molecule has 0 spiro atoms. The predicted octanol–water partition coefficient (Wildman–Crippen LogP) is 5.03. The molecule has 122 valence electrons. The summed E-state index contributed by atoms with van der Waals surface area (Å²) in [5.41, 5.74) is 3.27. The number of pyridine rings is 1. The fourth-order valence-corrected chi connectivity index (χ4v) is 2.96. The van der Waals surface area contributed by atoms with Crippen molar-refractivity contribution in [2.75, 3.05) is 7.05 Å². The zero-order valence-corrected chi connectivity index (χ0v) is 14.7. The Morgan fingerprint density at radius 3 is 2.54 bits per heavy atom. The Morgan fingerprint density at radius 2 is 1.83 bits per heavy atom. The molecule has 3 aromatic rings. The summed E-state index contributed by atoms with van der Waals surface area (Å²) in [4.78, 5) is 19.3. The quantitative estimate of drug-likeness (QED) is 0.671. The molecule has 0 aliphatic heterocycles. The standard InChI is InChI=1S/C20H19ClN2O/c1-13-18(12-16-11-17(21)9-10-19(16)22-13)20(24)23(3)14(2)15-7-5-4-6-8-15/h4-12,14H,1-3H3/t14-/m0/s1. The maximum atomic E-state index is 13.0. The van der Waals surface area contributed by atoms with E-state index in [9.17, 15) is 4.79 Å². The maximum Gasteiger partial charge on any atom is 0.255 e. The van der Waals surface area contributed by atoms with Gasteiger partial charge >= 0.3 is 0 Å². The smallest absolute Gasteiger partial charge is 0.255 e. The van der Waals surface area contributed by atoms with Crippen LogP contribution in [0.1, 0.15) is 34.6 Å². The largest absolute Gasteiger partial charge is 0.335 e. The van der Waals surface area contributed by atoms with Gasteiger partial charge in [0, 0.05) is 17.5 Å². The van der Waals surface area contributed by atoms with Crippen LogP contribution in [0.4, 0.5) is 0 Å². The highest BCUT2D eigenvalue weighted by Gasteiger charge is 2.21. The molecular weight excluding hydrogens is 320 g/mol. The van der Waals surface area contributed by atoms with E-state index in [0.717, 1.165) is 22.2 Å². The van der Waals surface area contributed by atoms with Crippen molar-refractivity contribution in [3.8, 4) is 0 Å². The van der Waals surface area contributed by atoms with E-state index in [1.807, 2.05) is 69.4 Å². The Hall–Kier alpha value is -2.39. The van der Waals surface area contributed by atoms with Crippen LogP contribution in [0, 0.1) is 6.92 Å². The second kappa shape index (κ2) is 6.62. The first-order chi connectivity index (χ1) is 11.5. The van der Waals surface area contributed by atoms with E-state index in [0.29, 0.717) is 10.6 Å². The third kappa shape index (κ3) is 3.13. The number of fused-ring (bicyclic) bond motifs is 1. The van der Waals surface area contributed by atoms with Gasteiger partial charge in [-0.1, -0.05) is 41.9 Å². The van der Waals surface area contributed by atoms with Gasteiger partial charge in [-0.15, -0.1) is 0 Å². The number of halogens is 1. The minimum atomic E-state index is -0.0433. The Morgan fingerprint density at radius 1 is 1.12 bits per heavy atom. The van der Waals surface area contributed by atoms with Crippen molar-refractivity contribution in [1.82, 2.24) is 9.88 Å². The molecule has 3 nitrogen and oxygen atoms in total. The van der Waals surface area contributed by atoms with Crippen LogP contribution in [0.25, 0.3) is 10.9 Å². The number of amides is 1. The van der Waals surface area contributed by atoms with Crippen LogP contribution in [0.3, 0.4) is 0 Å². The Labute approximate surface area is 146 Å². The summed E-state index contributed by atoms with van der Waals surface area (Å²) >= 11 is 6.06. The van der Waals surface area contributed by atoms with Gasteiger partial charge in [-0.05, 0) is 43.7 Å². The van der Waals surface area contributed by atoms with E-state index in [1.54, 1.807) is 11.0 Å². The molecule has 0 unspecified atom stereocenters. The van der Waals surface area contributed by atoms with Crippen molar-refractivity contribution in [2.45, 2.75) is 19.9 Å². The molecule has 1 atom stereocenters. The molecule has 0 saturated carbocycles. The molecule has 3 rings (SSSR count). The van der Waals surface area contributed by atoms with Crippen LogP contribution in [-0.4, -0.2) is 22.8 Å². The van der Waals surface area contributed by atoms with Crippen molar-refractivity contribution < 1.29 is 4.79 Å². The first kappa shape index (κ1) is 16.5. The summed E-state index contributed by atoms with van der Waals surface area (Å²) < 4.78 is 0. The molecule has 0 aliphatic carbocycles. The third-order valence-electron chi connectivity index (χ3n) is 4.38. The number of benzene rings is 2. The van der Waals surface area contributed by atoms with E-state index in [2.05, 4.69) is 4.98 Å². The number of aryl methyl sites for hydroxylation is 1. The van der Waals surface area contributed by atoms with Gasteiger partial charge < -0.3 is 4.90 Å². The van der Waals surface area contributed by atoms with Gasteiger partial charge in [0.05, 0.1) is 22.8 Å². The number of carbonyl (C=O) groups excluding carboxylic acids is 1. The second-order valence-electron chi connectivity index (χ2n) is 5.96. The third-order valence-corrected chi connectivity index (χ3v) is 4.62. The highest BCUT2D eigenvalue weighted by atomic mass is 35.5. The molecule has 1 heterocycles. The van der Waals surface area contributed by atoms with E-state index < -0.39 is 0 Å².